The van der Waals surface area contributed by atoms with Gasteiger partial charge < -0.3 is 14.8 Å². The maximum absolute atomic E-state index is 13.2. The van der Waals surface area contributed by atoms with Crippen molar-refractivity contribution in [2.24, 2.45) is 5.92 Å². The summed E-state index contributed by atoms with van der Waals surface area (Å²) in [6, 6.07) is 11.8. The summed E-state index contributed by atoms with van der Waals surface area (Å²) >= 11 is 0. The molecule has 0 spiro atoms. The summed E-state index contributed by atoms with van der Waals surface area (Å²) in [7, 11) is 0. The molecule has 2 aliphatic rings. The van der Waals surface area contributed by atoms with Crippen molar-refractivity contribution in [2.45, 2.75) is 38.1 Å². The van der Waals surface area contributed by atoms with Crippen LogP contribution in [0.5, 0.6) is 0 Å². The molecule has 0 bridgehead atoms. The van der Waals surface area contributed by atoms with Crippen molar-refractivity contribution in [3.8, 4) is 0 Å². The number of carbonyl (C=O) groups excluding carboxylic acids is 2. The zero-order valence-electron chi connectivity index (χ0n) is 18.7. The highest BCUT2D eigenvalue weighted by atomic mass is 19.1. The van der Waals surface area contributed by atoms with Gasteiger partial charge in [-0.1, -0.05) is 0 Å². The van der Waals surface area contributed by atoms with Gasteiger partial charge in [-0.15, -0.1) is 0 Å². The van der Waals surface area contributed by atoms with Crippen molar-refractivity contribution < 1.29 is 14.0 Å². The first-order valence-corrected chi connectivity index (χ1v) is 11.8. The first-order valence-electron chi connectivity index (χ1n) is 11.8. The van der Waals surface area contributed by atoms with Crippen molar-refractivity contribution in [1.29, 1.82) is 0 Å². The van der Waals surface area contributed by atoms with Gasteiger partial charge >= 0.3 is 0 Å². The SMILES string of the molecule is O=C(c1ccc(F)cc1)C1CCN(CCC2CCCN2C(=O)c2ccc3nc[nH]c3c2)CC1. The lowest BCUT2D eigenvalue weighted by Gasteiger charge is -2.33. The minimum absolute atomic E-state index is 0.00802. The maximum Gasteiger partial charge on any atom is 0.254 e. The van der Waals surface area contributed by atoms with Gasteiger partial charge in [0.2, 0.25) is 0 Å². The van der Waals surface area contributed by atoms with E-state index < -0.39 is 0 Å². The Kier molecular flexibility index (Phi) is 6.22. The molecule has 3 aromatic rings. The van der Waals surface area contributed by atoms with E-state index in [1.807, 2.05) is 23.1 Å². The summed E-state index contributed by atoms with van der Waals surface area (Å²) in [5.74, 6) is -0.0922. The Balaban J connectivity index is 1.13. The third-order valence-electron chi connectivity index (χ3n) is 7.17. The van der Waals surface area contributed by atoms with Crippen molar-refractivity contribution in [3.63, 3.8) is 0 Å². The van der Waals surface area contributed by atoms with Gasteiger partial charge in [0.15, 0.2) is 5.78 Å². The Morgan fingerprint density at radius 1 is 1.00 bits per heavy atom. The van der Waals surface area contributed by atoms with E-state index in [1.54, 1.807) is 18.5 Å². The summed E-state index contributed by atoms with van der Waals surface area (Å²) in [6.07, 6.45) is 6.33. The number of halogens is 1. The number of nitrogens with zero attached hydrogens (tertiary/aromatic N) is 3. The lowest BCUT2D eigenvalue weighted by atomic mass is 9.88. The van der Waals surface area contributed by atoms with Crippen molar-refractivity contribution >= 4 is 22.7 Å². The molecular formula is C26H29FN4O2. The van der Waals surface area contributed by atoms with Gasteiger partial charge in [-0.2, -0.15) is 0 Å². The van der Waals surface area contributed by atoms with E-state index in [4.69, 9.17) is 0 Å². The molecule has 6 nitrogen and oxygen atoms in total. The summed E-state index contributed by atoms with van der Waals surface area (Å²) in [5.41, 5.74) is 3.06. The average molecular weight is 449 g/mol. The summed E-state index contributed by atoms with van der Waals surface area (Å²) in [4.78, 5) is 37.6. The van der Waals surface area contributed by atoms with Gasteiger partial charge in [-0.25, -0.2) is 9.37 Å². The number of benzene rings is 2. The molecule has 172 valence electrons. The van der Waals surface area contributed by atoms with Crippen LogP contribution in [0.1, 0.15) is 52.8 Å². The lowest BCUT2D eigenvalue weighted by Crippen LogP contribution is -2.41. The molecule has 1 atom stereocenters. The second-order valence-electron chi connectivity index (χ2n) is 9.20. The molecule has 1 aromatic heterocycles. The van der Waals surface area contributed by atoms with Gasteiger partial charge in [0.05, 0.1) is 17.4 Å². The van der Waals surface area contributed by atoms with E-state index in [-0.39, 0.29) is 29.5 Å². The predicted molar refractivity (Wildman–Crippen MR) is 125 cm³/mol. The number of aromatic nitrogens is 2. The van der Waals surface area contributed by atoms with Crippen molar-refractivity contribution in [3.05, 3.63) is 65.7 Å². The van der Waals surface area contributed by atoms with Gasteiger partial charge in [0, 0.05) is 36.2 Å². The molecule has 2 saturated heterocycles. The van der Waals surface area contributed by atoms with E-state index in [1.165, 1.54) is 12.1 Å². The zero-order chi connectivity index (χ0) is 22.8. The second-order valence-corrected chi connectivity index (χ2v) is 9.20. The highest BCUT2D eigenvalue weighted by Crippen LogP contribution is 2.26. The Bertz CT molecular complexity index is 1130. The zero-order valence-corrected chi connectivity index (χ0v) is 18.7. The van der Waals surface area contributed by atoms with Crippen LogP contribution in [0.2, 0.25) is 0 Å². The number of imidazole rings is 1. The Morgan fingerprint density at radius 2 is 1.76 bits per heavy atom. The van der Waals surface area contributed by atoms with Crippen LogP contribution in [-0.4, -0.2) is 63.7 Å². The van der Waals surface area contributed by atoms with Crippen LogP contribution in [-0.2, 0) is 0 Å². The molecule has 1 amide bonds. The molecule has 2 aromatic carbocycles. The second kappa shape index (κ2) is 9.43. The molecule has 0 radical (unpaired) electrons. The molecule has 0 aliphatic carbocycles. The van der Waals surface area contributed by atoms with E-state index in [0.717, 1.165) is 69.3 Å². The number of rotatable bonds is 6. The standard InChI is InChI=1S/C26H29FN4O2/c27-21-6-3-18(4-7-21)25(32)19-9-13-30(14-10-19)15-11-22-2-1-12-31(22)26(33)20-5-8-23-24(16-20)29-17-28-23/h3-8,16-17,19,22H,1-2,9-15H2,(H,28,29). The van der Waals surface area contributed by atoms with Crippen LogP contribution in [0, 0.1) is 11.7 Å². The fourth-order valence-corrected chi connectivity index (χ4v) is 5.24. The van der Waals surface area contributed by atoms with E-state index in [9.17, 15) is 14.0 Å². The third kappa shape index (κ3) is 4.69. The van der Waals surface area contributed by atoms with Gasteiger partial charge in [0.1, 0.15) is 5.82 Å². The summed E-state index contributed by atoms with van der Waals surface area (Å²) < 4.78 is 13.1. The molecule has 0 saturated carbocycles. The first-order chi connectivity index (χ1) is 16.1. The van der Waals surface area contributed by atoms with E-state index >= 15 is 0 Å². The molecule has 1 unspecified atom stereocenters. The number of hydrogen-bond acceptors (Lipinski definition) is 4. The Morgan fingerprint density at radius 3 is 2.55 bits per heavy atom. The average Bonchev–Trinajstić information content (AvgIpc) is 3.51. The number of H-pyrrole nitrogens is 1. The largest absolute Gasteiger partial charge is 0.345 e. The van der Waals surface area contributed by atoms with Crippen LogP contribution in [0.3, 0.4) is 0 Å². The van der Waals surface area contributed by atoms with Crippen LogP contribution in [0.4, 0.5) is 4.39 Å². The number of amides is 1. The highest BCUT2D eigenvalue weighted by molar-refractivity contribution is 5.98. The number of carbonyl (C=O) groups is 2. The lowest BCUT2D eigenvalue weighted by molar-refractivity contribution is 0.0704. The molecule has 5 rings (SSSR count). The molecule has 1 N–H and O–H groups in total. The fourth-order valence-electron chi connectivity index (χ4n) is 5.24. The monoisotopic (exact) mass is 448 g/mol. The smallest absolute Gasteiger partial charge is 0.254 e. The fraction of sp³-hybridized carbons (Fsp3) is 0.423. The molecule has 3 heterocycles. The number of nitrogens with one attached hydrogen (secondary N) is 1. The number of fused-ring (bicyclic) bond motifs is 1. The van der Waals surface area contributed by atoms with Crippen molar-refractivity contribution in [1.82, 2.24) is 19.8 Å². The quantitative estimate of drug-likeness (QED) is 0.571. The predicted octanol–water partition coefficient (Wildman–Crippen LogP) is 4.29. The molecular weight excluding hydrogens is 419 g/mol. The molecule has 7 heteroatoms. The van der Waals surface area contributed by atoms with Gasteiger partial charge in [-0.05, 0) is 87.7 Å². The summed E-state index contributed by atoms with van der Waals surface area (Å²) in [5, 5.41) is 0. The van der Waals surface area contributed by atoms with Crippen molar-refractivity contribution in [2.75, 3.05) is 26.2 Å². The van der Waals surface area contributed by atoms with Gasteiger partial charge in [-0.3, -0.25) is 9.59 Å². The number of likely N-dealkylation sites (tertiary alicyclic amines) is 2. The minimum Gasteiger partial charge on any atom is -0.345 e. The van der Waals surface area contributed by atoms with Crippen LogP contribution >= 0.6 is 0 Å². The van der Waals surface area contributed by atoms with Crippen LogP contribution in [0.25, 0.3) is 11.0 Å². The van der Waals surface area contributed by atoms with Crippen LogP contribution < -0.4 is 0 Å². The maximum atomic E-state index is 13.2. The first kappa shape index (κ1) is 21.8. The summed E-state index contributed by atoms with van der Waals surface area (Å²) in [6.45, 7) is 3.51. The Labute approximate surface area is 192 Å². The Hall–Kier alpha value is -3.06. The van der Waals surface area contributed by atoms with Gasteiger partial charge in [0.25, 0.3) is 5.91 Å². The van der Waals surface area contributed by atoms with E-state index in [0.29, 0.717) is 11.1 Å². The van der Waals surface area contributed by atoms with Crippen LogP contribution in [0.15, 0.2) is 48.8 Å². The number of ketones is 1. The molecule has 33 heavy (non-hydrogen) atoms. The molecule has 2 fully saturated rings. The number of Topliss-reactive ketones (excluding diaryl/α,β-unsaturated/α-hetero) is 1. The molecule has 2 aliphatic heterocycles. The number of aromatic amines is 1. The number of piperidine rings is 1. The normalized spacial score (nSPS) is 19.9. The number of hydrogen-bond donors (Lipinski definition) is 1. The topological polar surface area (TPSA) is 69.3 Å². The highest BCUT2D eigenvalue weighted by Gasteiger charge is 2.31. The van der Waals surface area contributed by atoms with E-state index in [2.05, 4.69) is 14.9 Å². The third-order valence-corrected chi connectivity index (χ3v) is 7.17. The minimum atomic E-state index is -0.317.